The molecule has 0 aliphatic carbocycles. The van der Waals surface area contributed by atoms with Gasteiger partial charge in [-0.25, -0.2) is 0 Å². The van der Waals surface area contributed by atoms with Crippen molar-refractivity contribution in [1.29, 1.82) is 0 Å². The van der Waals surface area contributed by atoms with E-state index in [1.165, 1.54) is 12.1 Å². The Bertz CT molecular complexity index is 832. The third-order valence-electron chi connectivity index (χ3n) is 5.41. The first-order chi connectivity index (χ1) is 14.2. The molecule has 2 atom stereocenters. The summed E-state index contributed by atoms with van der Waals surface area (Å²) in [5.41, 5.74) is 1.88. The second kappa shape index (κ2) is 9.49. The Morgan fingerprint density at radius 1 is 1.10 bits per heavy atom. The molecule has 1 fully saturated rings. The van der Waals surface area contributed by atoms with Gasteiger partial charge in [-0.15, -0.1) is 0 Å². The minimum Gasteiger partial charge on any atom is -0.378 e. The number of carbonyl (C=O) groups excluding carboxylic acids is 1. The lowest BCUT2D eigenvalue weighted by Crippen LogP contribution is -3.12. The number of hydrogen-bond donors (Lipinski definition) is 2. The molecule has 8 heteroatoms. The normalized spacial score (nSPS) is 16.8. The molecule has 5 nitrogen and oxygen atoms in total. The van der Waals surface area contributed by atoms with Gasteiger partial charge in [0.1, 0.15) is 6.54 Å². The highest BCUT2D eigenvalue weighted by atomic mass is 19.4. The molecule has 1 amide bonds. The molecule has 0 saturated carbocycles. The van der Waals surface area contributed by atoms with Crippen molar-refractivity contribution in [3.8, 4) is 0 Å². The first kappa shape index (κ1) is 22.1. The Labute approximate surface area is 174 Å². The molecule has 2 aromatic carbocycles. The molecule has 30 heavy (non-hydrogen) atoms. The minimum absolute atomic E-state index is 0.140. The van der Waals surface area contributed by atoms with Crippen LogP contribution in [0.1, 0.15) is 18.1 Å². The number of nitrogens with zero attached hydrogens (tertiary/aromatic N) is 1. The van der Waals surface area contributed by atoms with E-state index >= 15 is 0 Å². The topological polar surface area (TPSA) is 46.0 Å². The van der Waals surface area contributed by atoms with Crippen molar-refractivity contribution in [2.75, 3.05) is 43.6 Å². The predicted molar refractivity (Wildman–Crippen MR) is 110 cm³/mol. The second-order valence-electron chi connectivity index (χ2n) is 7.58. The number of nitrogens with one attached hydrogen (secondary N) is 2. The standard InChI is InChI=1S/C22H26F3N3O2/c1-16(27(2)15-17-3-5-18(6-4-17)22(23,24)25)21(29)26-19-7-9-20(10-8-19)28-11-13-30-14-12-28/h3-10,16H,11-15H2,1-2H3,(H,26,29)/p+1/t16-/m1/s1. The fourth-order valence-corrected chi connectivity index (χ4v) is 3.34. The molecule has 1 heterocycles. The van der Waals surface area contributed by atoms with E-state index in [0.29, 0.717) is 25.4 Å². The van der Waals surface area contributed by atoms with E-state index in [2.05, 4.69) is 10.2 Å². The highest BCUT2D eigenvalue weighted by Crippen LogP contribution is 2.29. The van der Waals surface area contributed by atoms with Gasteiger partial charge in [-0.05, 0) is 43.3 Å². The summed E-state index contributed by atoms with van der Waals surface area (Å²) in [4.78, 5) is 15.7. The van der Waals surface area contributed by atoms with Gasteiger partial charge in [0.25, 0.3) is 5.91 Å². The lowest BCUT2D eigenvalue weighted by atomic mass is 10.1. The maximum Gasteiger partial charge on any atom is 0.416 e. The Hall–Kier alpha value is -2.58. The van der Waals surface area contributed by atoms with Crippen LogP contribution in [0.4, 0.5) is 24.5 Å². The van der Waals surface area contributed by atoms with Crippen LogP contribution in [-0.4, -0.2) is 45.3 Å². The smallest absolute Gasteiger partial charge is 0.378 e. The van der Waals surface area contributed by atoms with Gasteiger partial charge in [0.05, 0.1) is 25.8 Å². The van der Waals surface area contributed by atoms with Gasteiger partial charge in [-0.1, -0.05) is 12.1 Å². The molecule has 1 aliphatic heterocycles. The molecule has 0 aromatic heterocycles. The summed E-state index contributed by atoms with van der Waals surface area (Å²) in [5.74, 6) is -0.140. The van der Waals surface area contributed by atoms with Crippen LogP contribution in [0.5, 0.6) is 0 Å². The summed E-state index contributed by atoms with van der Waals surface area (Å²) in [6.45, 7) is 5.37. The molecular formula is C22H27F3N3O2+. The summed E-state index contributed by atoms with van der Waals surface area (Å²) in [6.07, 6.45) is -4.35. The number of anilines is 2. The number of carbonyl (C=O) groups is 1. The highest BCUT2D eigenvalue weighted by molar-refractivity contribution is 5.93. The van der Waals surface area contributed by atoms with Crippen molar-refractivity contribution in [2.45, 2.75) is 25.7 Å². The van der Waals surface area contributed by atoms with Crippen LogP contribution in [-0.2, 0) is 22.3 Å². The minimum atomic E-state index is -4.35. The lowest BCUT2D eigenvalue weighted by Gasteiger charge is -2.29. The van der Waals surface area contributed by atoms with E-state index in [4.69, 9.17) is 4.74 Å². The number of halogens is 3. The molecule has 0 bridgehead atoms. The van der Waals surface area contributed by atoms with Crippen LogP contribution in [0.25, 0.3) is 0 Å². The number of amides is 1. The Balaban J connectivity index is 1.54. The molecule has 2 N–H and O–H groups in total. The van der Waals surface area contributed by atoms with Gasteiger partial charge in [0, 0.05) is 30.0 Å². The maximum atomic E-state index is 12.7. The van der Waals surface area contributed by atoms with Gasteiger partial charge in [0.2, 0.25) is 0 Å². The Kier molecular flexibility index (Phi) is 6.99. The number of benzene rings is 2. The molecule has 1 unspecified atom stereocenters. The Morgan fingerprint density at radius 2 is 1.70 bits per heavy atom. The Morgan fingerprint density at radius 3 is 2.27 bits per heavy atom. The first-order valence-corrected chi connectivity index (χ1v) is 9.96. The van der Waals surface area contributed by atoms with Crippen molar-refractivity contribution >= 4 is 17.3 Å². The quantitative estimate of drug-likeness (QED) is 0.752. The molecule has 0 spiro atoms. The number of ether oxygens (including phenoxy) is 1. The summed E-state index contributed by atoms with van der Waals surface area (Å²) in [7, 11) is 1.85. The summed E-state index contributed by atoms with van der Waals surface area (Å²) < 4.78 is 43.4. The zero-order chi connectivity index (χ0) is 21.7. The average Bonchev–Trinajstić information content (AvgIpc) is 2.74. The SMILES string of the molecule is C[C@H](C(=O)Nc1ccc(N2CCOCC2)cc1)[NH+](C)Cc1ccc(C(F)(F)F)cc1. The van der Waals surface area contributed by atoms with Crippen molar-refractivity contribution in [1.82, 2.24) is 0 Å². The maximum absolute atomic E-state index is 12.7. The van der Waals surface area contributed by atoms with Crippen molar-refractivity contribution in [3.63, 3.8) is 0 Å². The summed E-state index contributed by atoms with van der Waals surface area (Å²) in [6, 6.07) is 12.4. The number of hydrogen-bond acceptors (Lipinski definition) is 3. The molecule has 0 radical (unpaired) electrons. The van der Waals surface area contributed by atoms with Gasteiger partial charge in [-0.3, -0.25) is 4.79 Å². The number of quaternary nitrogens is 1. The first-order valence-electron chi connectivity index (χ1n) is 9.96. The van der Waals surface area contributed by atoms with E-state index in [0.717, 1.165) is 41.4 Å². The largest absolute Gasteiger partial charge is 0.416 e. The zero-order valence-electron chi connectivity index (χ0n) is 17.1. The van der Waals surface area contributed by atoms with Crippen LogP contribution in [0.3, 0.4) is 0 Å². The number of morpholine rings is 1. The summed E-state index contributed by atoms with van der Waals surface area (Å²) in [5, 5.41) is 2.92. The van der Waals surface area contributed by atoms with Crippen LogP contribution >= 0.6 is 0 Å². The molecule has 2 aromatic rings. The number of rotatable bonds is 6. The molecule has 3 rings (SSSR count). The monoisotopic (exact) mass is 422 g/mol. The molecule has 1 aliphatic rings. The van der Waals surface area contributed by atoms with E-state index in [9.17, 15) is 18.0 Å². The van der Waals surface area contributed by atoms with Crippen molar-refractivity contribution in [2.24, 2.45) is 0 Å². The fourth-order valence-electron chi connectivity index (χ4n) is 3.34. The van der Waals surface area contributed by atoms with Crippen molar-refractivity contribution < 1.29 is 27.6 Å². The molecule has 162 valence electrons. The van der Waals surface area contributed by atoms with E-state index < -0.39 is 11.7 Å². The van der Waals surface area contributed by atoms with Crippen LogP contribution in [0.15, 0.2) is 48.5 Å². The third-order valence-corrected chi connectivity index (χ3v) is 5.41. The van der Waals surface area contributed by atoms with Crippen LogP contribution in [0.2, 0.25) is 0 Å². The fraction of sp³-hybridized carbons (Fsp3) is 0.409. The van der Waals surface area contributed by atoms with Crippen molar-refractivity contribution in [3.05, 3.63) is 59.7 Å². The molecule has 1 saturated heterocycles. The van der Waals surface area contributed by atoms with Gasteiger partial charge in [-0.2, -0.15) is 13.2 Å². The predicted octanol–water partition coefficient (Wildman–Crippen LogP) is 2.58. The molecular weight excluding hydrogens is 395 g/mol. The summed E-state index contributed by atoms with van der Waals surface area (Å²) >= 11 is 0. The van der Waals surface area contributed by atoms with Crippen LogP contribution < -0.4 is 15.1 Å². The van der Waals surface area contributed by atoms with E-state index in [-0.39, 0.29) is 11.9 Å². The van der Waals surface area contributed by atoms with Gasteiger partial charge in [0.15, 0.2) is 6.04 Å². The number of alkyl halides is 3. The number of likely N-dealkylation sites (N-methyl/N-ethyl adjacent to an activating group) is 1. The van der Waals surface area contributed by atoms with Crippen LogP contribution in [0, 0.1) is 0 Å². The second-order valence-corrected chi connectivity index (χ2v) is 7.58. The van der Waals surface area contributed by atoms with E-state index in [1.54, 1.807) is 6.92 Å². The highest BCUT2D eigenvalue weighted by Gasteiger charge is 2.30. The zero-order valence-corrected chi connectivity index (χ0v) is 17.1. The van der Waals surface area contributed by atoms with E-state index in [1.807, 2.05) is 31.3 Å². The lowest BCUT2D eigenvalue weighted by molar-refractivity contribution is -0.907. The average molecular weight is 422 g/mol. The van der Waals surface area contributed by atoms with Gasteiger partial charge >= 0.3 is 6.18 Å². The van der Waals surface area contributed by atoms with Gasteiger partial charge < -0.3 is 19.9 Å². The third kappa shape index (κ3) is 5.73.